The molecule has 1 saturated heterocycles. The molecule has 1 rings (SSSR count). The third-order valence-corrected chi connectivity index (χ3v) is 4.77. The molecule has 0 radical (unpaired) electrons. The van der Waals surface area contributed by atoms with Gasteiger partial charge in [0.25, 0.3) is 0 Å². The topological polar surface area (TPSA) is 49.4 Å². The van der Waals surface area contributed by atoms with Crippen LogP contribution >= 0.6 is 11.8 Å². The number of piperazine rings is 1. The second-order valence-corrected chi connectivity index (χ2v) is 6.51. The number of rotatable bonds is 6. The summed E-state index contributed by atoms with van der Waals surface area (Å²) < 4.78 is 0. The fourth-order valence-electron chi connectivity index (χ4n) is 2.39. The molecule has 1 N–H and O–H groups in total. The first-order valence-electron chi connectivity index (χ1n) is 7.02. The summed E-state index contributed by atoms with van der Waals surface area (Å²) in [6, 6.07) is -0.702. The van der Waals surface area contributed by atoms with Gasteiger partial charge >= 0.3 is 0 Å². The molecular weight excluding hydrogens is 260 g/mol. The minimum Gasteiger partial charge on any atom is -0.342 e. The van der Waals surface area contributed by atoms with E-state index in [1.54, 1.807) is 16.7 Å². The van der Waals surface area contributed by atoms with Gasteiger partial charge in [-0.1, -0.05) is 27.2 Å². The number of hydrogen-bond acceptors (Lipinski definition) is 3. The molecule has 0 aromatic heterocycles. The van der Waals surface area contributed by atoms with Crippen LogP contribution in [-0.2, 0) is 9.59 Å². The molecule has 0 saturated carbocycles. The number of nitrogens with zero attached hydrogens (tertiary/aromatic N) is 1. The number of hydrogen-bond donors (Lipinski definition) is 1. The minimum absolute atomic E-state index is 0.0266. The van der Waals surface area contributed by atoms with Gasteiger partial charge in [0.15, 0.2) is 0 Å². The molecule has 0 aliphatic carbocycles. The molecule has 0 spiro atoms. The van der Waals surface area contributed by atoms with Crippen LogP contribution in [-0.4, -0.2) is 47.4 Å². The van der Waals surface area contributed by atoms with Gasteiger partial charge < -0.3 is 10.2 Å². The Kier molecular flexibility index (Phi) is 6.17. The Hall–Kier alpha value is -0.710. The Morgan fingerprint density at radius 2 is 2.00 bits per heavy atom. The maximum Gasteiger partial charge on any atom is 0.246 e. The van der Waals surface area contributed by atoms with Crippen LogP contribution in [0.3, 0.4) is 0 Å². The molecule has 0 aromatic rings. The second kappa shape index (κ2) is 7.17. The van der Waals surface area contributed by atoms with E-state index < -0.39 is 0 Å². The number of nitrogens with one attached hydrogen (secondary N) is 1. The lowest BCUT2D eigenvalue weighted by Gasteiger charge is -2.40. The minimum atomic E-state index is -0.352. The number of amides is 2. The molecule has 0 bridgehead atoms. The van der Waals surface area contributed by atoms with Gasteiger partial charge in [-0.2, -0.15) is 11.8 Å². The Morgan fingerprint density at radius 1 is 1.37 bits per heavy atom. The summed E-state index contributed by atoms with van der Waals surface area (Å²) in [6.45, 7) is 8.67. The number of carbonyl (C=O) groups is 2. The molecular formula is C14H26N2O2S. The van der Waals surface area contributed by atoms with Gasteiger partial charge in [0.05, 0.1) is 0 Å². The maximum absolute atomic E-state index is 12.5. The van der Waals surface area contributed by atoms with E-state index in [9.17, 15) is 9.59 Å². The molecule has 2 amide bonds. The van der Waals surface area contributed by atoms with Crippen molar-refractivity contribution in [2.45, 2.75) is 46.2 Å². The normalized spacial score (nSPS) is 27.1. The van der Waals surface area contributed by atoms with Crippen LogP contribution in [0.5, 0.6) is 0 Å². The van der Waals surface area contributed by atoms with Crippen molar-refractivity contribution in [2.75, 3.05) is 18.6 Å². The van der Waals surface area contributed by atoms with Gasteiger partial charge in [-0.25, -0.2) is 0 Å². The highest BCUT2D eigenvalue weighted by molar-refractivity contribution is 7.98. The van der Waals surface area contributed by atoms with Crippen LogP contribution in [0, 0.1) is 11.8 Å². The van der Waals surface area contributed by atoms with Crippen LogP contribution in [0.4, 0.5) is 0 Å². The highest BCUT2D eigenvalue weighted by Crippen LogP contribution is 2.19. The Morgan fingerprint density at radius 3 is 2.53 bits per heavy atom. The van der Waals surface area contributed by atoms with E-state index in [4.69, 9.17) is 0 Å². The molecule has 110 valence electrons. The molecule has 5 heteroatoms. The van der Waals surface area contributed by atoms with Crippen LogP contribution in [0.25, 0.3) is 0 Å². The van der Waals surface area contributed by atoms with Gasteiger partial charge in [0, 0.05) is 6.54 Å². The molecule has 4 nitrogen and oxygen atoms in total. The van der Waals surface area contributed by atoms with Crippen molar-refractivity contribution in [1.29, 1.82) is 0 Å². The van der Waals surface area contributed by atoms with Crippen molar-refractivity contribution < 1.29 is 9.59 Å². The van der Waals surface area contributed by atoms with Gasteiger partial charge in [0.2, 0.25) is 11.8 Å². The lowest BCUT2D eigenvalue weighted by Crippen LogP contribution is -2.64. The number of carbonyl (C=O) groups excluding carboxylic acids is 2. The van der Waals surface area contributed by atoms with Crippen molar-refractivity contribution in [3.05, 3.63) is 0 Å². The summed E-state index contributed by atoms with van der Waals surface area (Å²) in [5.41, 5.74) is 0. The monoisotopic (exact) mass is 286 g/mol. The Labute approximate surface area is 120 Å². The Bertz CT molecular complexity index is 335. The van der Waals surface area contributed by atoms with Crippen molar-refractivity contribution in [2.24, 2.45) is 11.8 Å². The second-order valence-electron chi connectivity index (χ2n) is 5.60. The van der Waals surface area contributed by atoms with E-state index in [0.717, 1.165) is 12.2 Å². The first kappa shape index (κ1) is 16.3. The van der Waals surface area contributed by atoms with Crippen LogP contribution in [0.1, 0.15) is 34.1 Å². The highest BCUT2D eigenvalue weighted by Gasteiger charge is 2.40. The van der Waals surface area contributed by atoms with Gasteiger partial charge in [-0.15, -0.1) is 0 Å². The molecule has 0 aromatic carbocycles. The number of thioether (sulfide) groups is 1. The van der Waals surface area contributed by atoms with Crippen molar-refractivity contribution in [3.8, 4) is 0 Å². The molecule has 4 unspecified atom stereocenters. The third-order valence-electron chi connectivity index (χ3n) is 3.87. The van der Waals surface area contributed by atoms with Crippen molar-refractivity contribution in [3.63, 3.8) is 0 Å². The predicted octanol–water partition coefficient (Wildman–Crippen LogP) is 1.75. The third kappa shape index (κ3) is 3.88. The average Bonchev–Trinajstić information content (AvgIpc) is 2.38. The van der Waals surface area contributed by atoms with E-state index in [2.05, 4.69) is 18.5 Å². The Balaban J connectivity index is 2.81. The van der Waals surface area contributed by atoms with Crippen molar-refractivity contribution >= 4 is 23.6 Å². The summed E-state index contributed by atoms with van der Waals surface area (Å²) in [5, 5.41) is 2.87. The predicted molar refractivity (Wildman–Crippen MR) is 80.1 cm³/mol. The quantitative estimate of drug-likeness (QED) is 0.809. The van der Waals surface area contributed by atoms with E-state index in [1.807, 2.05) is 20.8 Å². The molecule has 1 fully saturated rings. The fourth-order valence-corrected chi connectivity index (χ4v) is 3.06. The highest BCUT2D eigenvalue weighted by atomic mass is 32.2. The molecule has 4 atom stereocenters. The summed E-state index contributed by atoms with van der Waals surface area (Å²) >= 11 is 1.77. The lowest BCUT2D eigenvalue weighted by molar-refractivity contribution is -0.150. The first-order valence-corrected chi connectivity index (χ1v) is 8.41. The maximum atomic E-state index is 12.5. The van der Waals surface area contributed by atoms with Crippen LogP contribution < -0.4 is 5.32 Å². The summed E-state index contributed by atoms with van der Waals surface area (Å²) in [7, 11) is 0. The molecule has 1 aliphatic rings. The van der Waals surface area contributed by atoms with Gasteiger partial charge in [0.1, 0.15) is 12.1 Å². The lowest BCUT2D eigenvalue weighted by atomic mass is 9.94. The molecule has 1 heterocycles. The van der Waals surface area contributed by atoms with E-state index in [0.29, 0.717) is 12.5 Å². The van der Waals surface area contributed by atoms with E-state index in [1.165, 1.54) is 0 Å². The van der Waals surface area contributed by atoms with Gasteiger partial charge in [-0.05, 0) is 30.8 Å². The fraction of sp³-hybridized carbons (Fsp3) is 0.857. The molecule has 1 aliphatic heterocycles. The van der Waals surface area contributed by atoms with E-state index in [-0.39, 0.29) is 29.8 Å². The summed E-state index contributed by atoms with van der Waals surface area (Å²) in [5.74, 6) is 1.65. The summed E-state index contributed by atoms with van der Waals surface area (Å²) in [4.78, 5) is 26.3. The summed E-state index contributed by atoms with van der Waals surface area (Å²) in [6.07, 6.45) is 2.95. The van der Waals surface area contributed by atoms with Gasteiger partial charge in [-0.3, -0.25) is 9.59 Å². The zero-order valence-electron chi connectivity index (χ0n) is 12.6. The van der Waals surface area contributed by atoms with Crippen LogP contribution in [0.15, 0.2) is 0 Å². The zero-order valence-corrected chi connectivity index (χ0v) is 13.4. The first-order chi connectivity index (χ1) is 8.92. The average molecular weight is 286 g/mol. The SMILES string of the molecule is CCC(C)C1NC(=O)C(C)N(CC(C)CSC)C1=O. The largest absolute Gasteiger partial charge is 0.342 e. The zero-order chi connectivity index (χ0) is 14.6. The van der Waals surface area contributed by atoms with E-state index >= 15 is 0 Å². The van der Waals surface area contributed by atoms with Crippen molar-refractivity contribution in [1.82, 2.24) is 10.2 Å². The molecule has 19 heavy (non-hydrogen) atoms. The van der Waals surface area contributed by atoms with Crippen LogP contribution in [0.2, 0.25) is 0 Å². The standard InChI is InChI=1S/C14H26N2O2S/c1-6-10(3)12-14(18)16(7-9(2)8-19-5)11(4)13(17)15-12/h9-12H,6-8H2,1-5H3,(H,15,17). The smallest absolute Gasteiger partial charge is 0.246 e.